The summed E-state index contributed by atoms with van der Waals surface area (Å²) in [6.45, 7) is 1.23. The maximum Gasteiger partial charge on any atom is 0.304 e. The van der Waals surface area contributed by atoms with Gasteiger partial charge in [-0.15, -0.1) is 18.2 Å². The van der Waals surface area contributed by atoms with Crippen molar-refractivity contribution in [1.29, 1.82) is 0 Å². The van der Waals surface area contributed by atoms with Crippen LogP contribution in [0.15, 0.2) is 18.2 Å². The van der Waals surface area contributed by atoms with Gasteiger partial charge in [0.15, 0.2) is 0 Å². The van der Waals surface area contributed by atoms with Crippen LogP contribution >= 0.6 is 11.8 Å². The van der Waals surface area contributed by atoms with Gasteiger partial charge in [0, 0.05) is 24.9 Å². The fourth-order valence-corrected chi connectivity index (χ4v) is 1.87. The topological polar surface area (TPSA) is 55.2 Å². The number of nitro benzene ring substituents is 1. The number of nitrogens with zero attached hydrogens (tertiary/aromatic N) is 1. The Kier molecular flexibility index (Phi) is 6.19. The first kappa shape index (κ1) is 14.5. The van der Waals surface area contributed by atoms with Gasteiger partial charge in [0.1, 0.15) is 0 Å². The summed E-state index contributed by atoms with van der Waals surface area (Å²) >= 11 is 1.64. The molecule has 1 rings (SSSR count). The molecule has 0 spiro atoms. The molecule has 0 fully saturated rings. The molecule has 0 aliphatic carbocycles. The van der Waals surface area contributed by atoms with Crippen molar-refractivity contribution in [3.63, 3.8) is 0 Å². The van der Waals surface area contributed by atoms with Gasteiger partial charge in [0.05, 0.1) is 10.7 Å². The fourth-order valence-electron chi connectivity index (χ4n) is 1.32. The van der Waals surface area contributed by atoms with E-state index in [1.807, 2.05) is 0 Å². The Morgan fingerprint density at radius 3 is 2.94 bits per heavy atom. The normalized spacial score (nSPS) is 10.0. The molecule has 1 aromatic rings. The maximum absolute atomic E-state index is 13.3. The minimum Gasteiger partial charge on any atom is -0.312 e. The second-order valence-electron chi connectivity index (χ2n) is 3.48. The zero-order chi connectivity index (χ0) is 13.4. The van der Waals surface area contributed by atoms with E-state index in [1.54, 1.807) is 17.8 Å². The van der Waals surface area contributed by atoms with E-state index >= 15 is 0 Å². The molecule has 0 amide bonds. The highest BCUT2D eigenvalue weighted by Gasteiger charge is 2.13. The lowest BCUT2D eigenvalue weighted by Gasteiger charge is -2.04. The molecule has 0 saturated heterocycles. The van der Waals surface area contributed by atoms with Crippen molar-refractivity contribution in [2.24, 2.45) is 0 Å². The quantitative estimate of drug-likeness (QED) is 0.356. The van der Waals surface area contributed by atoms with Gasteiger partial charge < -0.3 is 5.32 Å². The Bertz CT molecular complexity index is 460. The van der Waals surface area contributed by atoms with Gasteiger partial charge in [-0.1, -0.05) is 12.0 Å². The molecule has 0 saturated carbocycles. The van der Waals surface area contributed by atoms with Gasteiger partial charge in [0.2, 0.25) is 5.82 Å². The summed E-state index contributed by atoms with van der Waals surface area (Å²) in [6.07, 6.45) is 5.10. The Hall–Kier alpha value is -1.58. The lowest BCUT2D eigenvalue weighted by atomic mass is 10.2. The largest absolute Gasteiger partial charge is 0.312 e. The van der Waals surface area contributed by atoms with E-state index < -0.39 is 16.4 Å². The van der Waals surface area contributed by atoms with E-state index in [0.717, 1.165) is 12.3 Å². The smallest absolute Gasteiger partial charge is 0.304 e. The number of nitro groups is 1. The zero-order valence-electron chi connectivity index (χ0n) is 9.69. The monoisotopic (exact) mass is 268 g/mol. The predicted octanol–water partition coefficient (Wildman–Crippen LogP) is 2.19. The van der Waals surface area contributed by atoms with Crippen LogP contribution in [0.3, 0.4) is 0 Å². The molecule has 18 heavy (non-hydrogen) atoms. The van der Waals surface area contributed by atoms with E-state index in [-0.39, 0.29) is 0 Å². The van der Waals surface area contributed by atoms with Gasteiger partial charge in [-0.2, -0.15) is 4.39 Å². The molecule has 1 N–H and O–H groups in total. The number of hydrogen-bond acceptors (Lipinski definition) is 4. The van der Waals surface area contributed by atoms with Crippen LogP contribution < -0.4 is 5.32 Å². The number of hydrogen-bond donors (Lipinski definition) is 1. The standard InChI is InChI=1S/C12H13FN2O2S/c1-2-6-18-7-5-14-9-10-3-4-12(15(16)17)11(13)8-10/h1,3-4,8,14H,5-7,9H2. The predicted molar refractivity (Wildman–Crippen MR) is 70.9 cm³/mol. The van der Waals surface area contributed by atoms with Crippen molar-refractivity contribution >= 4 is 17.4 Å². The van der Waals surface area contributed by atoms with Crippen LogP contribution in [0.1, 0.15) is 5.56 Å². The fraction of sp³-hybridized carbons (Fsp3) is 0.333. The SMILES string of the molecule is C#CCSCCNCc1ccc([N+](=O)[O-])c(F)c1. The van der Waals surface area contributed by atoms with Crippen LogP contribution in [0.5, 0.6) is 0 Å². The Morgan fingerprint density at radius 1 is 1.56 bits per heavy atom. The summed E-state index contributed by atoms with van der Waals surface area (Å²) in [4.78, 5) is 9.69. The summed E-state index contributed by atoms with van der Waals surface area (Å²) < 4.78 is 13.3. The van der Waals surface area contributed by atoms with Crippen molar-refractivity contribution < 1.29 is 9.31 Å². The van der Waals surface area contributed by atoms with Gasteiger partial charge in [-0.3, -0.25) is 10.1 Å². The van der Waals surface area contributed by atoms with Gasteiger partial charge >= 0.3 is 5.69 Å². The van der Waals surface area contributed by atoms with Crippen LogP contribution in [0.25, 0.3) is 0 Å². The summed E-state index contributed by atoms with van der Waals surface area (Å²) in [7, 11) is 0. The lowest BCUT2D eigenvalue weighted by Crippen LogP contribution is -2.16. The van der Waals surface area contributed by atoms with Crippen LogP contribution in [0.2, 0.25) is 0 Å². The number of nitrogens with one attached hydrogen (secondary N) is 1. The first-order chi connectivity index (χ1) is 8.65. The third-order valence-electron chi connectivity index (χ3n) is 2.15. The third-order valence-corrected chi connectivity index (χ3v) is 3.01. The molecule has 96 valence electrons. The molecule has 0 aliphatic rings. The van der Waals surface area contributed by atoms with Gasteiger partial charge in [-0.05, 0) is 11.6 Å². The molecule has 0 atom stereocenters. The van der Waals surface area contributed by atoms with Crippen molar-refractivity contribution in [2.45, 2.75) is 6.54 Å². The second-order valence-corrected chi connectivity index (χ2v) is 4.58. The summed E-state index contributed by atoms with van der Waals surface area (Å²) in [5, 5.41) is 13.5. The van der Waals surface area contributed by atoms with Crippen molar-refractivity contribution in [3.8, 4) is 12.3 Å². The molecular weight excluding hydrogens is 255 g/mol. The molecule has 0 aliphatic heterocycles. The van der Waals surface area contributed by atoms with E-state index in [2.05, 4.69) is 11.2 Å². The average molecular weight is 268 g/mol. The summed E-state index contributed by atoms with van der Waals surface area (Å²) in [5.74, 6) is 3.27. The Balaban J connectivity index is 2.38. The van der Waals surface area contributed by atoms with E-state index in [1.165, 1.54) is 12.1 Å². The Morgan fingerprint density at radius 2 is 2.33 bits per heavy atom. The number of thioether (sulfide) groups is 1. The average Bonchev–Trinajstić information content (AvgIpc) is 2.33. The molecule has 4 nitrogen and oxygen atoms in total. The number of benzene rings is 1. The molecule has 1 aromatic carbocycles. The number of rotatable bonds is 7. The van der Waals surface area contributed by atoms with Crippen LogP contribution in [-0.4, -0.2) is 23.0 Å². The summed E-state index contributed by atoms with van der Waals surface area (Å²) in [5.41, 5.74) is 0.184. The first-order valence-corrected chi connectivity index (χ1v) is 6.45. The van der Waals surface area contributed by atoms with Crippen LogP contribution in [0, 0.1) is 28.3 Å². The lowest BCUT2D eigenvalue weighted by molar-refractivity contribution is -0.387. The number of halogens is 1. The third kappa shape index (κ3) is 4.73. The van der Waals surface area contributed by atoms with Crippen molar-refractivity contribution in [3.05, 3.63) is 39.7 Å². The Labute approximate surface area is 109 Å². The minimum atomic E-state index is -0.805. The second kappa shape index (κ2) is 7.69. The molecule has 0 bridgehead atoms. The zero-order valence-corrected chi connectivity index (χ0v) is 10.5. The van der Waals surface area contributed by atoms with Crippen LogP contribution in [-0.2, 0) is 6.54 Å². The highest BCUT2D eigenvalue weighted by atomic mass is 32.2. The van der Waals surface area contributed by atoms with Gasteiger partial charge in [0.25, 0.3) is 0 Å². The minimum absolute atomic E-state index is 0.478. The van der Waals surface area contributed by atoms with Crippen molar-refractivity contribution in [1.82, 2.24) is 5.32 Å². The molecule has 0 unspecified atom stereocenters. The molecule has 0 heterocycles. The molecule has 6 heteroatoms. The molecule has 0 aromatic heterocycles. The highest BCUT2D eigenvalue weighted by molar-refractivity contribution is 7.99. The van der Waals surface area contributed by atoms with E-state index in [4.69, 9.17) is 6.42 Å². The van der Waals surface area contributed by atoms with E-state index in [0.29, 0.717) is 17.9 Å². The van der Waals surface area contributed by atoms with E-state index in [9.17, 15) is 14.5 Å². The van der Waals surface area contributed by atoms with Gasteiger partial charge in [-0.25, -0.2) is 0 Å². The molecule has 0 radical (unpaired) electrons. The van der Waals surface area contributed by atoms with Crippen LogP contribution in [0.4, 0.5) is 10.1 Å². The van der Waals surface area contributed by atoms with Crippen molar-refractivity contribution in [2.75, 3.05) is 18.1 Å². The first-order valence-electron chi connectivity index (χ1n) is 5.30. The molecular formula is C12H13FN2O2S. The maximum atomic E-state index is 13.3. The summed E-state index contributed by atoms with van der Waals surface area (Å²) in [6, 6.07) is 3.90. The highest BCUT2D eigenvalue weighted by Crippen LogP contribution is 2.17. The number of terminal acetylenes is 1.